The third-order valence-corrected chi connectivity index (χ3v) is 6.57. The zero-order valence-electron chi connectivity index (χ0n) is 23.9. The predicted octanol–water partition coefficient (Wildman–Crippen LogP) is 2.40. The summed E-state index contributed by atoms with van der Waals surface area (Å²) in [6.45, 7) is 6.23. The minimum atomic E-state index is -3.76. The second kappa shape index (κ2) is 24.0. The average molecular weight is 615 g/mol. The van der Waals surface area contributed by atoms with Crippen LogP contribution >= 0.6 is 0 Å². The zero-order valence-corrected chi connectivity index (χ0v) is 24.7. The fraction of sp³-hybridized carbons (Fsp3) is 0.552. The van der Waals surface area contributed by atoms with Crippen LogP contribution in [-0.2, 0) is 47.5 Å². The lowest BCUT2D eigenvalue weighted by Gasteiger charge is -2.09. The van der Waals surface area contributed by atoms with E-state index in [1.54, 1.807) is 42.5 Å². The Morgan fingerprint density at radius 3 is 1.26 bits per heavy atom. The molecule has 0 saturated carbocycles. The molecule has 0 saturated heterocycles. The Balaban J connectivity index is 1.22. The van der Waals surface area contributed by atoms with Gasteiger partial charge in [0.25, 0.3) is 10.1 Å². The van der Waals surface area contributed by atoms with Crippen molar-refractivity contribution in [1.82, 2.24) is 0 Å². The highest BCUT2D eigenvalue weighted by Crippen LogP contribution is 2.11. The van der Waals surface area contributed by atoms with Crippen LogP contribution in [0.2, 0.25) is 0 Å². The third-order valence-electron chi connectivity index (χ3n) is 5.24. The molecule has 0 atom stereocenters. The Labute approximate surface area is 248 Å². The van der Waals surface area contributed by atoms with Gasteiger partial charge in [0, 0.05) is 5.56 Å². The first-order valence-electron chi connectivity index (χ1n) is 13.8. The van der Waals surface area contributed by atoms with E-state index in [2.05, 4.69) is 0 Å². The summed E-state index contributed by atoms with van der Waals surface area (Å²) in [4.78, 5) is 10.7. The monoisotopic (exact) mass is 614 g/mol. The van der Waals surface area contributed by atoms with Gasteiger partial charge < -0.3 is 37.9 Å². The van der Waals surface area contributed by atoms with Gasteiger partial charge in [-0.15, -0.1) is 0 Å². The molecule has 42 heavy (non-hydrogen) atoms. The lowest BCUT2D eigenvalue weighted by molar-refractivity contribution is -0.0218. The molecule has 13 heteroatoms. The van der Waals surface area contributed by atoms with Crippen LogP contribution in [0.15, 0.2) is 59.5 Å². The first-order valence-corrected chi connectivity index (χ1v) is 15.2. The second-order valence-corrected chi connectivity index (χ2v) is 10.0. The van der Waals surface area contributed by atoms with Gasteiger partial charge in [-0.2, -0.15) is 8.42 Å². The minimum Gasteiger partial charge on any atom is -0.491 e. The quantitative estimate of drug-likeness (QED) is 0.0791. The van der Waals surface area contributed by atoms with Crippen LogP contribution in [0.4, 0.5) is 0 Å². The van der Waals surface area contributed by atoms with Crippen LogP contribution in [0.3, 0.4) is 0 Å². The molecule has 2 aromatic carbocycles. The van der Waals surface area contributed by atoms with Crippen molar-refractivity contribution in [3.05, 3.63) is 60.2 Å². The molecule has 0 fully saturated rings. The molecule has 0 bridgehead atoms. The molecule has 12 nitrogen and oxygen atoms in total. The van der Waals surface area contributed by atoms with Gasteiger partial charge in [-0.25, -0.2) is 0 Å². The highest BCUT2D eigenvalue weighted by molar-refractivity contribution is 7.86. The summed E-state index contributed by atoms with van der Waals surface area (Å²) >= 11 is 0. The van der Waals surface area contributed by atoms with Crippen molar-refractivity contribution < 1.29 is 55.3 Å². The Bertz CT molecular complexity index is 1020. The van der Waals surface area contributed by atoms with Crippen LogP contribution in [0.1, 0.15) is 10.4 Å². The van der Waals surface area contributed by atoms with Crippen molar-refractivity contribution in [2.45, 2.75) is 4.90 Å². The molecular weight excluding hydrogens is 572 g/mol. The average Bonchev–Trinajstić information content (AvgIpc) is 3.01. The Kier molecular flexibility index (Phi) is 20.4. The largest absolute Gasteiger partial charge is 0.491 e. The van der Waals surface area contributed by atoms with E-state index in [1.165, 1.54) is 12.1 Å². The highest BCUT2D eigenvalue weighted by Gasteiger charge is 2.13. The fourth-order valence-corrected chi connectivity index (χ4v) is 4.05. The number of carbonyl (C=O) groups is 1. The Hall–Kier alpha value is -2.46. The first kappa shape index (κ1) is 35.7. The van der Waals surface area contributed by atoms with E-state index in [0.29, 0.717) is 104 Å². The van der Waals surface area contributed by atoms with E-state index in [-0.39, 0.29) is 18.1 Å². The van der Waals surface area contributed by atoms with Crippen LogP contribution in [0.25, 0.3) is 0 Å². The van der Waals surface area contributed by atoms with E-state index in [4.69, 9.17) is 42.1 Å². The topological polar surface area (TPSA) is 134 Å². The third kappa shape index (κ3) is 18.2. The summed E-state index contributed by atoms with van der Waals surface area (Å²) < 4.78 is 72.2. The van der Waals surface area contributed by atoms with E-state index < -0.39 is 10.1 Å². The molecule has 0 unspecified atom stereocenters. The lowest BCUT2D eigenvalue weighted by atomic mass is 10.2. The smallest absolute Gasteiger partial charge is 0.297 e. The van der Waals surface area contributed by atoms with E-state index in [9.17, 15) is 13.2 Å². The number of carbonyl (C=O) groups excluding carboxylic acids is 1. The Morgan fingerprint density at radius 1 is 0.476 bits per heavy atom. The van der Waals surface area contributed by atoms with Gasteiger partial charge in [0.05, 0.1) is 104 Å². The Morgan fingerprint density at radius 2 is 0.857 bits per heavy atom. The molecule has 0 heterocycles. The summed E-state index contributed by atoms with van der Waals surface area (Å²) in [5.41, 5.74) is 0.610. The lowest BCUT2D eigenvalue weighted by Crippen LogP contribution is -2.15. The molecule has 0 amide bonds. The molecule has 0 aromatic heterocycles. The van der Waals surface area contributed by atoms with Crippen LogP contribution < -0.4 is 4.74 Å². The molecule has 0 radical (unpaired) electrons. The fourth-order valence-electron chi connectivity index (χ4n) is 3.14. The number of ether oxygens (including phenoxy) is 8. The number of rotatable bonds is 28. The van der Waals surface area contributed by atoms with Crippen molar-refractivity contribution in [3.8, 4) is 5.75 Å². The van der Waals surface area contributed by atoms with Crippen molar-refractivity contribution in [1.29, 1.82) is 0 Å². The number of benzene rings is 2. The van der Waals surface area contributed by atoms with Gasteiger partial charge in [0.15, 0.2) is 0 Å². The molecule has 0 aliphatic carbocycles. The summed E-state index contributed by atoms with van der Waals surface area (Å²) in [6.07, 6.45) is 0.790. The standard InChI is InChI=1S/C29H42O12S/c30-26-27-6-8-28(9-7-27)40-24-22-38-20-18-36-16-14-34-12-10-33-11-13-35-15-17-37-19-21-39-23-25-41-42(31,32)29-4-2-1-3-5-29/h1-9,26H,10-25H2. The van der Waals surface area contributed by atoms with Crippen molar-refractivity contribution >= 4 is 16.4 Å². The molecule has 0 aliphatic heterocycles. The second-order valence-electron chi connectivity index (χ2n) is 8.41. The van der Waals surface area contributed by atoms with Gasteiger partial charge in [-0.1, -0.05) is 18.2 Å². The summed E-state index contributed by atoms with van der Waals surface area (Å²) in [5.74, 6) is 0.695. The molecule has 0 spiro atoms. The maximum Gasteiger partial charge on any atom is 0.297 e. The summed E-state index contributed by atoms with van der Waals surface area (Å²) in [6, 6.07) is 14.9. The van der Waals surface area contributed by atoms with Gasteiger partial charge in [0.1, 0.15) is 18.6 Å². The highest BCUT2D eigenvalue weighted by atomic mass is 32.2. The number of aldehydes is 1. The van der Waals surface area contributed by atoms with Gasteiger partial charge >= 0.3 is 0 Å². The van der Waals surface area contributed by atoms with Gasteiger partial charge in [-0.05, 0) is 36.4 Å². The van der Waals surface area contributed by atoms with Crippen molar-refractivity contribution in [2.24, 2.45) is 0 Å². The SMILES string of the molecule is O=Cc1ccc(OCCOCCOCCOCCOCCOCCOCCOCCOS(=O)(=O)c2ccccc2)cc1. The predicted molar refractivity (Wildman–Crippen MR) is 153 cm³/mol. The molecule has 0 aliphatic rings. The molecule has 236 valence electrons. The number of hydrogen-bond acceptors (Lipinski definition) is 12. The van der Waals surface area contributed by atoms with Crippen LogP contribution in [0.5, 0.6) is 5.75 Å². The van der Waals surface area contributed by atoms with Gasteiger partial charge in [0.2, 0.25) is 0 Å². The molecule has 0 N–H and O–H groups in total. The number of hydrogen-bond donors (Lipinski definition) is 0. The van der Waals surface area contributed by atoms with E-state index in [0.717, 1.165) is 6.29 Å². The molecule has 2 aromatic rings. The summed E-state index contributed by atoms with van der Waals surface area (Å²) in [7, 11) is -3.76. The minimum absolute atomic E-state index is 0.0605. The summed E-state index contributed by atoms with van der Waals surface area (Å²) in [5, 5.41) is 0. The zero-order chi connectivity index (χ0) is 30.0. The van der Waals surface area contributed by atoms with Crippen LogP contribution in [-0.4, -0.2) is 120 Å². The van der Waals surface area contributed by atoms with Crippen molar-refractivity contribution in [2.75, 3.05) is 106 Å². The van der Waals surface area contributed by atoms with E-state index in [1.807, 2.05) is 0 Å². The van der Waals surface area contributed by atoms with E-state index >= 15 is 0 Å². The van der Waals surface area contributed by atoms with Crippen molar-refractivity contribution in [3.63, 3.8) is 0 Å². The van der Waals surface area contributed by atoms with Gasteiger partial charge in [-0.3, -0.25) is 8.98 Å². The normalized spacial score (nSPS) is 11.5. The first-order chi connectivity index (χ1) is 20.6. The van der Waals surface area contributed by atoms with Crippen LogP contribution in [0, 0.1) is 0 Å². The maximum absolute atomic E-state index is 11.9. The maximum atomic E-state index is 11.9. The molecular formula is C29H42O12S. The molecule has 2 rings (SSSR count).